The summed E-state index contributed by atoms with van der Waals surface area (Å²) < 4.78 is 19.8. The highest BCUT2D eigenvalue weighted by Crippen LogP contribution is 2.62. The van der Waals surface area contributed by atoms with Gasteiger partial charge < -0.3 is 15.0 Å². The molecule has 1 spiro atoms. The minimum Gasteiger partial charge on any atom is -0.491 e. The van der Waals surface area contributed by atoms with Crippen molar-refractivity contribution >= 4 is 29.2 Å². The Bertz CT molecular complexity index is 1800. The molecule has 3 heterocycles. The Morgan fingerprint density at radius 3 is 2.26 bits per heavy atom. The second-order valence-electron chi connectivity index (χ2n) is 11.5. The summed E-state index contributed by atoms with van der Waals surface area (Å²) in [5, 5.41) is 3.03. The Morgan fingerprint density at radius 1 is 0.860 bits per heavy atom. The fourth-order valence-electron chi connectivity index (χ4n) is 7.10. The summed E-state index contributed by atoms with van der Waals surface area (Å²) >= 11 is 0. The van der Waals surface area contributed by atoms with E-state index in [0.717, 1.165) is 11.1 Å². The standard InChI is InChI=1S/C36H29FN2O4/c1-21(2)43-26-17-13-24(14-18-26)33(41)31-30(32(40)23-11-15-25(37)16-12-23)36(28-9-5-6-10-29(28)38-35(36)42)34-27-8-4-3-7-22(27)19-20-39(31)34/h3-21,30-31,34H,1-2H3,(H,38,42)/t30-,31+,34+,36-/m0/s1. The van der Waals surface area contributed by atoms with Crippen LogP contribution < -0.4 is 10.1 Å². The number of benzene rings is 4. The highest BCUT2D eigenvalue weighted by atomic mass is 19.1. The molecule has 4 atom stereocenters. The van der Waals surface area contributed by atoms with Crippen LogP contribution in [0.2, 0.25) is 0 Å². The Morgan fingerprint density at radius 2 is 1.51 bits per heavy atom. The van der Waals surface area contributed by atoms with Crippen molar-refractivity contribution in [1.82, 2.24) is 4.90 Å². The van der Waals surface area contributed by atoms with E-state index in [9.17, 15) is 18.8 Å². The number of nitrogens with zero attached hydrogens (tertiary/aromatic N) is 1. The Kier molecular flexibility index (Phi) is 6.27. The molecule has 0 saturated carbocycles. The predicted octanol–water partition coefficient (Wildman–Crippen LogP) is 6.59. The van der Waals surface area contributed by atoms with Crippen molar-refractivity contribution in [3.8, 4) is 5.75 Å². The maximum atomic E-state index is 14.7. The number of hydrogen-bond donors (Lipinski definition) is 1. The number of amides is 1. The van der Waals surface area contributed by atoms with Crippen LogP contribution in [0.1, 0.15) is 57.3 Å². The third-order valence-electron chi connectivity index (χ3n) is 8.76. The van der Waals surface area contributed by atoms with Crippen LogP contribution in [0.4, 0.5) is 10.1 Å². The van der Waals surface area contributed by atoms with Gasteiger partial charge in [0.2, 0.25) is 5.91 Å². The van der Waals surface area contributed by atoms with Gasteiger partial charge in [0.15, 0.2) is 11.6 Å². The molecular formula is C36H29FN2O4. The lowest BCUT2D eigenvalue weighted by Crippen LogP contribution is -2.49. The van der Waals surface area contributed by atoms with Crippen LogP contribution in [0, 0.1) is 11.7 Å². The number of carbonyl (C=O) groups excluding carboxylic acids is 3. The van der Waals surface area contributed by atoms with Crippen molar-refractivity contribution in [3.05, 3.63) is 137 Å². The third kappa shape index (κ3) is 4.02. The SMILES string of the molecule is CC(C)Oc1ccc(C(=O)[C@H]2[C@@H](C(=O)c3ccc(F)cc3)[C@]3(C(=O)Nc4ccccc43)[C@H]3c4ccccc4C=CN23)cc1. The van der Waals surface area contributed by atoms with Crippen LogP contribution in [0.5, 0.6) is 5.75 Å². The number of Topliss-reactive ketones (excluding diaryl/α,β-unsaturated/α-hetero) is 2. The summed E-state index contributed by atoms with van der Waals surface area (Å²) in [4.78, 5) is 45.7. The fourth-order valence-corrected chi connectivity index (χ4v) is 7.10. The molecule has 7 heteroatoms. The smallest absolute Gasteiger partial charge is 0.238 e. The van der Waals surface area contributed by atoms with Gasteiger partial charge in [0, 0.05) is 23.0 Å². The lowest BCUT2D eigenvalue weighted by atomic mass is 9.62. The highest BCUT2D eigenvalue weighted by Gasteiger charge is 2.70. The second-order valence-corrected chi connectivity index (χ2v) is 11.5. The van der Waals surface area contributed by atoms with Crippen LogP contribution in [0.25, 0.3) is 6.08 Å². The van der Waals surface area contributed by atoms with Gasteiger partial charge in [-0.15, -0.1) is 0 Å². The molecule has 4 aromatic carbocycles. The number of para-hydroxylation sites is 1. The summed E-state index contributed by atoms with van der Waals surface area (Å²) in [7, 11) is 0. The Balaban J connectivity index is 1.47. The molecule has 3 aliphatic rings. The molecule has 1 fully saturated rings. The van der Waals surface area contributed by atoms with Gasteiger partial charge >= 0.3 is 0 Å². The quantitative estimate of drug-likeness (QED) is 0.264. The first kappa shape index (κ1) is 26.8. The third-order valence-corrected chi connectivity index (χ3v) is 8.76. The van der Waals surface area contributed by atoms with Crippen molar-refractivity contribution in [2.24, 2.45) is 5.92 Å². The van der Waals surface area contributed by atoms with Crippen molar-refractivity contribution < 1.29 is 23.5 Å². The molecule has 4 aromatic rings. The molecule has 6 nitrogen and oxygen atoms in total. The maximum absolute atomic E-state index is 14.7. The first-order valence-corrected chi connectivity index (χ1v) is 14.4. The van der Waals surface area contributed by atoms with E-state index in [1.165, 1.54) is 24.3 Å². The zero-order valence-electron chi connectivity index (χ0n) is 23.7. The van der Waals surface area contributed by atoms with E-state index in [2.05, 4.69) is 5.32 Å². The molecule has 1 N–H and O–H groups in total. The molecule has 1 saturated heterocycles. The monoisotopic (exact) mass is 572 g/mol. The van der Waals surface area contributed by atoms with E-state index in [1.54, 1.807) is 24.3 Å². The maximum Gasteiger partial charge on any atom is 0.238 e. The lowest BCUT2D eigenvalue weighted by Gasteiger charge is -2.38. The van der Waals surface area contributed by atoms with Gasteiger partial charge in [-0.3, -0.25) is 14.4 Å². The highest BCUT2D eigenvalue weighted by molar-refractivity contribution is 6.16. The second kappa shape index (κ2) is 10.1. The molecule has 0 radical (unpaired) electrons. The average Bonchev–Trinajstić information content (AvgIpc) is 3.49. The topological polar surface area (TPSA) is 75.7 Å². The van der Waals surface area contributed by atoms with E-state index in [0.29, 0.717) is 22.6 Å². The summed E-state index contributed by atoms with van der Waals surface area (Å²) in [6.45, 7) is 3.85. The van der Waals surface area contributed by atoms with Gasteiger partial charge in [0.1, 0.15) is 23.0 Å². The minimum absolute atomic E-state index is 0.0331. The van der Waals surface area contributed by atoms with E-state index in [-0.39, 0.29) is 23.4 Å². The largest absolute Gasteiger partial charge is 0.491 e. The van der Waals surface area contributed by atoms with Crippen molar-refractivity contribution in [3.63, 3.8) is 0 Å². The number of halogens is 1. The molecule has 0 aliphatic carbocycles. The van der Waals surface area contributed by atoms with Crippen LogP contribution in [-0.2, 0) is 10.2 Å². The molecule has 43 heavy (non-hydrogen) atoms. The summed E-state index contributed by atoms with van der Waals surface area (Å²) in [5.74, 6) is -2.01. The van der Waals surface area contributed by atoms with Gasteiger partial charge in [-0.25, -0.2) is 4.39 Å². The normalized spacial score (nSPS) is 23.1. The molecule has 7 rings (SSSR count). The van der Waals surface area contributed by atoms with Crippen LogP contribution >= 0.6 is 0 Å². The van der Waals surface area contributed by atoms with Crippen molar-refractivity contribution in [2.75, 3.05) is 5.32 Å². The van der Waals surface area contributed by atoms with Gasteiger partial charge in [0.05, 0.1) is 18.1 Å². The van der Waals surface area contributed by atoms with Gasteiger partial charge in [0.25, 0.3) is 0 Å². The minimum atomic E-state index is -1.44. The number of carbonyl (C=O) groups is 3. The molecule has 214 valence electrons. The summed E-state index contributed by atoms with van der Waals surface area (Å²) in [6, 6.07) is 25.6. The van der Waals surface area contributed by atoms with E-state index in [1.807, 2.05) is 79.6 Å². The molecule has 1 amide bonds. The first-order valence-electron chi connectivity index (χ1n) is 14.4. The van der Waals surface area contributed by atoms with Gasteiger partial charge in [-0.2, -0.15) is 0 Å². The summed E-state index contributed by atoms with van der Waals surface area (Å²) in [5.41, 5.74) is 2.23. The molecular weight excluding hydrogens is 543 g/mol. The average molecular weight is 573 g/mol. The predicted molar refractivity (Wildman–Crippen MR) is 161 cm³/mol. The lowest BCUT2D eigenvalue weighted by molar-refractivity contribution is -0.122. The molecule has 0 bridgehead atoms. The van der Waals surface area contributed by atoms with Gasteiger partial charge in [-0.05, 0) is 91.2 Å². The van der Waals surface area contributed by atoms with E-state index in [4.69, 9.17) is 4.74 Å². The zero-order valence-corrected chi connectivity index (χ0v) is 23.7. The Hall–Kier alpha value is -5.04. The number of anilines is 1. The number of hydrogen-bond acceptors (Lipinski definition) is 5. The number of ether oxygens (including phenoxy) is 1. The zero-order chi connectivity index (χ0) is 29.9. The van der Waals surface area contributed by atoms with Crippen LogP contribution in [0.3, 0.4) is 0 Å². The van der Waals surface area contributed by atoms with Gasteiger partial charge in [-0.1, -0.05) is 42.5 Å². The number of rotatable bonds is 6. The fraction of sp³-hybridized carbons (Fsp3) is 0.194. The Labute approximate surface area is 248 Å². The molecule has 0 aromatic heterocycles. The number of nitrogens with one attached hydrogen (secondary N) is 1. The van der Waals surface area contributed by atoms with E-state index < -0.39 is 35.0 Å². The number of fused-ring (bicyclic) bond motifs is 6. The van der Waals surface area contributed by atoms with Crippen molar-refractivity contribution in [2.45, 2.75) is 37.5 Å². The first-order chi connectivity index (χ1) is 20.8. The van der Waals surface area contributed by atoms with Crippen LogP contribution in [0.15, 0.2) is 103 Å². The van der Waals surface area contributed by atoms with Crippen molar-refractivity contribution in [1.29, 1.82) is 0 Å². The summed E-state index contributed by atoms with van der Waals surface area (Å²) in [6.07, 6.45) is 3.72. The van der Waals surface area contributed by atoms with E-state index >= 15 is 0 Å². The molecule has 0 unspecified atom stereocenters. The number of ketones is 2. The molecule has 3 aliphatic heterocycles. The van der Waals surface area contributed by atoms with Crippen LogP contribution in [-0.4, -0.2) is 34.5 Å².